The monoisotopic (exact) mass is 369 g/mol. The quantitative estimate of drug-likeness (QED) is 0.650. The van der Waals surface area contributed by atoms with Crippen molar-refractivity contribution in [1.29, 1.82) is 0 Å². The highest BCUT2D eigenvalue weighted by Gasteiger charge is 2.03. The van der Waals surface area contributed by atoms with E-state index in [4.69, 9.17) is 4.74 Å². The molecular weight excluding hydrogens is 353 g/mol. The molecule has 0 radical (unpaired) electrons. The lowest BCUT2D eigenvalue weighted by Crippen LogP contribution is -2.26. The summed E-state index contributed by atoms with van der Waals surface area (Å²) in [4.78, 5) is 11.2. The molecule has 0 atom stereocenters. The zero-order valence-electron chi connectivity index (χ0n) is 10.8. The highest BCUT2D eigenvalue weighted by molar-refractivity contribution is 14.1. The topological polar surface area (TPSA) is 38.3 Å². The van der Waals surface area contributed by atoms with Gasteiger partial charge in [0.2, 0.25) is 5.91 Å². The maximum Gasteiger partial charge on any atom is 0.229 e. The highest BCUT2D eigenvalue weighted by Crippen LogP contribution is 2.24. The maximum atomic E-state index is 11.2. The van der Waals surface area contributed by atoms with Crippen LogP contribution >= 0.6 is 22.6 Å². The van der Waals surface area contributed by atoms with E-state index < -0.39 is 0 Å². The van der Waals surface area contributed by atoms with E-state index >= 15 is 0 Å². The van der Waals surface area contributed by atoms with E-state index in [1.807, 2.05) is 18.2 Å². The van der Waals surface area contributed by atoms with Gasteiger partial charge >= 0.3 is 0 Å². The van der Waals surface area contributed by atoms with Crippen LogP contribution in [-0.4, -0.2) is 24.0 Å². The second-order valence-corrected chi connectivity index (χ2v) is 5.00. The predicted octanol–water partition coefficient (Wildman–Crippen LogP) is 2.94. The molecule has 2 aromatic rings. The second-order valence-electron chi connectivity index (χ2n) is 4.24. The van der Waals surface area contributed by atoms with E-state index in [2.05, 4.69) is 46.1 Å². The van der Waals surface area contributed by atoms with Gasteiger partial charge in [-0.15, -0.1) is 0 Å². The van der Waals surface area contributed by atoms with E-state index in [9.17, 15) is 4.79 Å². The molecule has 100 valence electrons. The minimum absolute atomic E-state index is 0.0819. The van der Waals surface area contributed by atoms with Crippen LogP contribution in [0.5, 0.6) is 5.75 Å². The molecule has 0 heterocycles. The Bertz CT molecular complexity index is 583. The summed E-state index contributed by atoms with van der Waals surface area (Å²) in [6.45, 7) is 0.665. The molecule has 2 aromatic carbocycles. The van der Waals surface area contributed by atoms with Gasteiger partial charge in [-0.2, -0.15) is 0 Å². The number of hydrogen-bond acceptors (Lipinski definition) is 2. The van der Waals surface area contributed by atoms with Crippen LogP contribution in [0.15, 0.2) is 36.4 Å². The van der Waals surface area contributed by atoms with E-state index in [0.29, 0.717) is 11.0 Å². The van der Waals surface area contributed by atoms with Crippen LogP contribution in [0.25, 0.3) is 10.8 Å². The van der Waals surface area contributed by atoms with Gasteiger partial charge in [0.15, 0.2) is 0 Å². The third-order valence-corrected chi connectivity index (χ3v) is 3.71. The number of fused-ring (bicyclic) bond motifs is 1. The zero-order valence-corrected chi connectivity index (χ0v) is 12.9. The van der Waals surface area contributed by atoms with Gasteiger partial charge in [0.1, 0.15) is 5.75 Å². The average Bonchev–Trinajstić information content (AvgIpc) is 2.46. The third kappa shape index (κ3) is 3.59. The highest BCUT2D eigenvalue weighted by atomic mass is 127. The standard InChI is InChI=1S/C15H16INO2/c1-19-13-6-5-11-3-2-4-12(14(11)9-13)7-8-17-15(18)10-16/h2-6,9H,7-8,10H2,1H3,(H,17,18). The number of ether oxygens (including phenoxy) is 1. The van der Waals surface area contributed by atoms with Crippen molar-refractivity contribution in [3.8, 4) is 5.75 Å². The van der Waals surface area contributed by atoms with Crippen molar-refractivity contribution >= 4 is 39.3 Å². The molecule has 0 aliphatic heterocycles. The normalized spacial score (nSPS) is 10.4. The smallest absolute Gasteiger partial charge is 0.229 e. The van der Waals surface area contributed by atoms with Crippen LogP contribution in [0, 0.1) is 0 Å². The van der Waals surface area contributed by atoms with Crippen molar-refractivity contribution in [3.63, 3.8) is 0 Å². The minimum Gasteiger partial charge on any atom is -0.497 e. The van der Waals surface area contributed by atoms with Crippen molar-refractivity contribution in [2.45, 2.75) is 6.42 Å². The lowest BCUT2D eigenvalue weighted by Gasteiger charge is -2.09. The van der Waals surface area contributed by atoms with E-state index in [1.165, 1.54) is 16.3 Å². The number of methoxy groups -OCH3 is 1. The molecule has 0 spiro atoms. The van der Waals surface area contributed by atoms with Crippen molar-refractivity contribution < 1.29 is 9.53 Å². The molecule has 0 saturated carbocycles. The Balaban J connectivity index is 2.19. The SMILES string of the molecule is COc1ccc2cccc(CCNC(=O)CI)c2c1. The van der Waals surface area contributed by atoms with Crippen LogP contribution in [0.3, 0.4) is 0 Å². The van der Waals surface area contributed by atoms with Gasteiger partial charge in [-0.1, -0.05) is 46.9 Å². The van der Waals surface area contributed by atoms with Gasteiger partial charge in [0.05, 0.1) is 11.5 Å². The molecule has 3 nitrogen and oxygen atoms in total. The number of carbonyl (C=O) groups excluding carboxylic acids is 1. The Morgan fingerprint density at radius 1 is 1.32 bits per heavy atom. The maximum absolute atomic E-state index is 11.2. The summed E-state index contributed by atoms with van der Waals surface area (Å²) >= 11 is 2.06. The summed E-state index contributed by atoms with van der Waals surface area (Å²) in [6.07, 6.45) is 0.826. The van der Waals surface area contributed by atoms with Gasteiger partial charge in [0.25, 0.3) is 0 Å². The molecule has 1 amide bonds. The number of benzene rings is 2. The van der Waals surface area contributed by atoms with Gasteiger partial charge in [-0.3, -0.25) is 4.79 Å². The van der Waals surface area contributed by atoms with Gasteiger partial charge in [-0.25, -0.2) is 0 Å². The fraction of sp³-hybridized carbons (Fsp3) is 0.267. The number of alkyl halides is 1. The fourth-order valence-corrected chi connectivity index (χ4v) is 2.32. The molecular formula is C15H16INO2. The van der Waals surface area contributed by atoms with E-state index in [0.717, 1.165) is 12.2 Å². The van der Waals surface area contributed by atoms with Crippen molar-refractivity contribution in [3.05, 3.63) is 42.0 Å². The molecule has 2 rings (SSSR count). The first-order valence-electron chi connectivity index (χ1n) is 6.13. The molecule has 0 aliphatic rings. The van der Waals surface area contributed by atoms with Crippen LogP contribution in [0.1, 0.15) is 5.56 Å². The van der Waals surface area contributed by atoms with Crippen LogP contribution < -0.4 is 10.1 Å². The van der Waals surface area contributed by atoms with Crippen LogP contribution in [0.4, 0.5) is 0 Å². The van der Waals surface area contributed by atoms with Gasteiger partial charge < -0.3 is 10.1 Å². The molecule has 0 aliphatic carbocycles. The molecule has 0 aromatic heterocycles. The molecule has 0 unspecified atom stereocenters. The fourth-order valence-electron chi connectivity index (χ4n) is 2.05. The number of amides is 1. The Labute approximate surface area is 126 Å². The predicted molar refractivity (Wildman–Crippen MR) is 86.1 cm³/mol. The van der Waals surface area contributed by atoms with Crippen LogP contribution in [-0.2, 0) is 11.2 Å². The number of nitrogens with one attached hydrogen (secondary N) is 1. The van der Waals surface area contributed by atoms with Crippen molar-refractivity contribution in [1.82, 2.24) is 5.32 Å². The zero-order chi connectivity index (χ0) is 13.7. The molecule has 1 N–H and O–H groups in total. The Kier molecular flexibility index (Phi) is 5.01. The third-order valence-electron chi connectivity index (χ3n) is 3.02. The first-order valence-corrected chi connectivity index (χ1v) is 7.65. The van der Waals surface area contributed by atoms with E-state index in [1.54, 1.807) is 7.11 Å². The van der Waals surface area contributed by atoms with E-state index in [-0.39, 0.29) is 5.91 Å². The summed E-state index contributed by atoms with van der Waals surface area (Å²) in [6, 6.07) is 12.3. The lowest BCUT2D eigenvalue weighted by molar-refractivity contribution is -0.118. The number of carbonyl (C=O) groups is 1. The van der Waals surface area contributed by atoms with Gasteiger partial charge in [0, 0.05) is 6.54 Å². The largest absolute Gasteiger partial charge is 0.497 e. The van der Waals surface area contributed by atoms with Gasteiger partial charge in [-0.05, 0) is 34.9 Å². The molecule has 0 fully saturated rings. The Morgan fingerprint density at radius 2 is 2.16 bits per heavy atom. The summed E-state index contributed by atoms with van der Waals surface area (Å²) in [7, 11) is 1.67. The lowest BCUT2D eigenvalue weighted by atomic mass is 10.0. The van der Waals surface area contributed by atoms with Crippen LogP contribution in [0.2, 0.25) is 0 Å². The summed E-state index contributed by atoms with van der Waals surface area (Å²) in [5.41, 5.74) is 1.23. The minimum atomic E-state index is 0.0819. The number of halogens is 1. The molecule has 4 heteroatoms. The molecule has 19 heavy (non-hydrogen) atoms. The number of hydrogen-bond donors (Lipinski definition) is 1. The second kappa shape index (κ2) is 6.75. The molecule has 0 saturated heterocycles. The Morgan fingerprint density at radius 3 is 2.89 bits per heavy atom. The number of rotatable bonds is 5. The first-order chi connectivity index (χ1) is 9.24. The summed E-state index contributed by atoms with van der Waals surface area (Å²) in [5.74, 6) is 0.940. The molecule has 0 bridgehead atoms. The summed E-state index contributed by atoms with van der Waals surface area (Å²) in [5, 5.41) is 5.28. The average molecular weight is 369 g/mol. The summed E-state index contributed by atoms with van der Waals surface area (Å²) < 4.78 is 5.77. The Hall–Kier alpha value is -1.30. The van der Waals surface area contributed by atoms with Crippen molar-refractivity contribution in [2.24, 2.45) is 0 Å². The first kappa shape index (κ1) is 14.1. The van der Waals surface area contributed by atoms with Crippen molar-refractivity contribution in [2.75, 3.05) is 18.1 Å².